The van der Waals surface area contributed by atoms with E-state index in [9.17, 15) is 14.9 Å². The molecule has 0 aromatic heterocycles. The quantitative estimate of drug-likeness (QED) is 0.638. The molecule has 1 aliphatic rings. The second kappa shape index (κ2) is 3.84. The van der Waals surface area contributed by atoms with E-state index in [-0.39, 0.29) is 5.69 Å². The van der Waals surface area contributed by atoms with Crippen molar-refractivity contribution in [1.82, 2.24) is 0 Å². The number of nitro groups is 1. The number of non-ortho nitro benzene ring substituents is 1. The predicted molar refractivity (Wildman–Crippen MR) is 62.4 cm³/mol. The number of hydrogen-bond acceptors (Lipinski definition) is 3. The number of primary amides is 1. The summed E-state index contributed by atoms with van der Waals surface area (Å²) in [5.74, 6) is 0.0397. The summed E-state index contributed by atoms with van der Waals surface area (Å²) >= 11 is 0. The Bertz CT molecular complexity index is 478. The molecule has 1 aromatic rings. The van der Waals surface area contributed by atoms with Gasteiger partial charge in [-0.15, -0.1) is 0 Å². The molecular formula is C12H14N2O3. The standard InChI is InChI=1S/C12H14N2O3/c1-8-6-12(7-8,11(13)15)9-3-2-4-10(5-9)14(16)17/h2-5,8H,6-7H2,1H3,(H2,13,15). The van der Waals surface area contributed by atoms with Gasteiger partial charge in [-0.3, -0.25) is 14.9 Å². The highest BCUT2D eigenvalue weighted by Crippen LogP contribution is 2.47. The Morgan fingerprint density at radius 1 is 1.53 bits per heavy atom. The van der Waals surface area contributed by atoms with Crippen molar-refractivity contribution in [1.29, 1.82) is 0 Å². The summed E-state index contributed by atoms with van der Waals surface area (Å²) in [7, 11) is 0. The normalized spacial score (nSPS) is 27.2. The number of amides is 1. The number of rotatable bonds is 3. The molecule has 0 radical (unpaired) electrons. The van der Waals surface area contributed by atoms with Crippen LogP contribution >= 0.6 is 0 Å². The number of nitrogens with zero attached hydrogens (tertiary/aromatic N) is 1. The van der Waals surface area contributed by atoms with Crippen LogP contribution in [-0.2, 0) is 10.2 Å². The third kappa shape index (κ3) is 1.77. The SMILES string of the molecule is CC1CC(C(N)=O)(c2cccc([N+](=O)[O-])c2)C1. The van der Waals surface area contributed by atoms with Crippen LogP contribution in [0.25, 0.3) is 0 Å². The summed E-state index contributed by atoms with van der Waals surface area (Å²) in [5.41, 5.74) is 5.41. The van der Waals surface area contributed by atoms with Crippen LogP contribution in [0.15, 0.2) is 24.3 Å². The fourth-order valence-corrected chi connectivity index (χ4v) is 2.63. The third-order valence-electron chi connectivity index (χ3n) is 3.48. The smallest absolute Gasteiger partial charge is 0.269 e. The molecule has 0 saturated heterocycles. The molecule has 1 aromatic carbocycles. The summed E-state index contributed by atoms with van der Waals surface area (Å²) < 4.78 is 0. The molecule has 2 N–H and O–H groups in total. The van der Waals surface area contributed by atoms with Crippen molar-refractivity contribution in [3.8, 4) is 0 Å². The number of carbonyl (C=O) groups is 1. The average Bonchev–Trinajstić information content (AvgIpc) is 2.24. The molecule has 5 heteroatoms. The van der Waals surface area contributed by atoms with Gasteiger partial charge in [0.2, 0.25) is 5.91 Å². The van der Waals surface area contributed by atoms with Gasteiger partial charge in [0.15, 0.2) is 0 Å². The van der Waals surface area contributed by atoms with E-state index in [1.54, 1.807) is 12.1 Å². The molecular weight excluding hydrogens is 220 g/mol. The monoisotopic (exact) mass is 234 g/mol. The highest BCUT2D eigenvalue weighted by atomic mass is 16.6. The topological polar surface area (TPSA) is 86.2 Å². The van der Waals surface area contributed by atoms with Gasteiger partial charge in [-0.2, -0.15) is 0 Å². The molecule has 0 heterocycles. The third-order valence-corrected chi connectivity index (χ3v) is 3.48. The van der Waals surface area contributed by atoms with E-state index in [0.29, 0.717) is 24.3 Å². The molecule has 1 fully saturated rings. The lowest BCUT2D eigenvalue weighted by Crippen LogP contribution is -2.50. The zero-order valence-electron chi connectivity index (χ0n) is 9.55. The van der Waals surface area contributed by atoms with E-state index in [0.717, 1.165) is 0 Å². The van der Waals surface area contributed by atoms with Crippen molar-refractivity contribution in [2.45, 2.75) is 25.2 Å². The number of hydrogen-bond donors (Lipinski definition) is 1. The molecule has 0 atom stereocenters. The van der Waals surface area contributed by atoms with E-state index < -0.39 is 16.2 Å². The maximum absolute atomic E-state index is 11.6. The first-order valence-electron chi connectivity index (χ1n) is 5.50. The molecule has 1 saturated carbocycles. The molecule has 17 heavy (non-hydrogen) atoms. The Kier molecular flexibility index (Phi) is 2.61. The first kappa shape index (κ1) is 11.6. The Hall–Kier alpha value is -1.91. The van der Waals surface area contributed by atoms with Crippen molar-refractivity contribution in [2.24, 2.45) is 11.7 Å². The van der Waals surface area contributed by atoms with Crippen molar-refractivity contribution in [3.05, 3.63) is 39.9 Å². The second-order valence-corrected chi connectivity index (χ2v) is 4.77. The second-order valence-electron chi connectivity index (χ2n) is 4.77. The van der Waals surface area contributed by atoms with Gasteiger partial charge < -0.3 is 5.73 Å². The Morgan fingerprint density at radius 2 is 2.18 bits per heavy atom. The molecule has 0 spiro atoms. The van der Waals surface area contributed by atoms with E-state index in [1.807, 2.05) is 6.92 Å². The van der Waals surface area contributed by atoms with E-state index >= 15 is 0 Å². The van der Waals surface area contributed by atoms with Gasteiger partial charge in [0, 0.05) is 12.1 Å². The highest BCUT2D eigenvalue weighted by Gasteiger charge is 2.48. The van der Waals surface area contributed by atoms with Crippen LogP contribution in [-0.4, -0.2) is 10.8 Å². The molecule has 1 amide bonds. The van der Waals surface area contributed by atoms with Crippen LogP contribution in [0.2, 0.25) is 0 Å². The minimum atomic E-state index is -0.703. The van der Waals surface area contributed by atoms with Crippen LogP contribution in [0.4, 0.5) is 5.69 Å². The number of carbonyl (C=O) groups excluding carboxylic acids is 1. The Balaban J connectivity index is 2.41. The molecule has 0 bridgehead atoms. The molecule has 90 valence electrons. The summed E-state index contributed by atoms with van der Waals surface area (Å²) in [6.45, 7) is 2.04. The van der Waals surface area contributed by atoms with Crippen molar-refractivity contribution < 1.29 is 9.72 Å². The van der Waals surface area contributed by atoms with Crippen molar-refractivity contribution >= 4 is 11.6 Å². The minimum absolute atomic E-state index is 0.00248. The average molecular weight is 234 g/mol. The summed E-state index contributed by atoms with van der Waals surface area (Å²) in [5, 5.41) is 10.7. The van der Waals surface area contributed by atoms with Gasteiger partial charge in [0.1, 0.15) is 0 Å². The summed E-state index contributed by atoms with van der Waals surface area (Å²) in [6, 6.07) is 6.21. The minimum Gasteiger partial charge on any atom is -0.369 e. The summed E-state index contributed by atoms with van der Waals surface area (Å²) in [4.78, 5) is 21.8. The van der Waals surface area contributed by atoms with E-state index in [4.69, 9.17) is 5.73 Å². The predicted octanol–water partition coefficient (Wildman–Crippen LogP) is 1.75. The van der Waals surface area contributed by atoms with Crippen LogP contribution < -0.4 is 5.73 Å². The molecule has 0 aliphatic heterocycles. The van der Waals surface area contributed by atoms with Gasteiger partial charge in [0.05, 0.1) is 10.3 Å². The number of benzene rings is 1. The molecule has 1 aliphatic carbocycles. The maximum atomic E-state index is 11.6. The highest BCUT2D eigenvalue weighted by molar-refractivity contribution is 5.88. The number of nitro benzene ring substituents is 1. The molecule has 5 nitrogen and oxygen atoms in total. The zero-order chi connectivity index (χ0) is 12.6. The maximum Gasteiger partial charge on any atom is 0.269 e. The van der Waals surface area contributed by atoms with Gasteiger partial charge >= 0.3 is 0 Å². The number of nitrogens with two attached hydrogens (primary N) is 1. The lowest BCUT2D eigenvalue weighted by Gasteiger charge is -2.44. The van der Waals surface area contributed by atoms with E-state index in [1.165, 1.54) is 12.1 Å². The van der Waals surface area contributed by atoms with Crippen LogP contribution in [0.3, 0.4) is 0 Å². The summed E-state index contributed by atoms with van der Waals surface area (Å²) in [6.07, 6.45) is 1.34. The van der Waals surface area contributed by atoms with Crippen molar-refractivity contribution in [2.75, 3.05) is 0 Å². The fourth-order valence-electron chi connectivity index (χ4n) is 2.63. The van der Waals surface area contributed by atoms with Crippen LogP contribution in [0, 0.1) is 16.0 Å². The first-order valence-corrected chi connectivity index (χ1v) is 5.50. The molecule has 0 unspecified atom stereocenters. The molecule has 2 rings (SSSR count). The largest absolute Gasteiger partial charge is 0.369 e. The van der Waals surface area contributed by atoms with Gasteiger partial charge in [-0.05, 0) is 24.3 Å². The van der Waals surface area contributed by atoms with Crippen molar-refractivity contribution in [3.63, 3.8) is 0 Å². The first-order chi connectivity index (χ1) is 7.95. The van der Waals surface area contributed by atoms with Gasteiger partial charge in [0.25, 0.3) is 5.69 Å². The van der Waals surface area contributed by atoms with Crippen LogP contribution in [0.5, 0.6) is 0 Å². The zero-order valence-corrected chi connectivity index (χ0v) is 9.55. The Labute approximate surface area is 98.8 Å². The van der Waals surface area contributed by atoms with E-state index in [2.05, 4.69) is 0 Å². The van der Waals surface area contributed by atoms with Gasteiger partial charge in [-0.25, -0.2) is 0 Å². The Morgan fingerprint density at radius 3 is 2.65 bits per heavy atom. The van der Waals surface area contributed by atoms with Crippen LogP contribution in [0.1, 0.15) is 25.3 Å². The lowest BCUT2D eigenvalue weighted by atomic mass is 9.59. The lowest BCUT2D eigenvalue weighted by molar-refractivity contribution is -0.385. The van der Waals surface area contributed by atoms with Gasteiger partial charge in [-0.1, -0.05) is 19.1 Å². The fraction of sp³-hybridized carbons (Fsp3) is 0.417.